The predicted octanol–water partition coefficient (Wildman–Crippen LogP) is 3.17. The summed E-state index contributed by atoms with van der Waals surface area (Å²) < 4.78 is 4.63. The van der Waals surface area contributed by atoms with Crippen LogP contribution in [-0.4, -0.2) is 18.1 Å². The van der Waals surface area contributed by atoms with E-state index in [1.807, 2.05) is 24.3 Å². The summed E-state index contributed by atoms with van der Waals surface area (Å²) in [4.78, 5) is 16.0. The van der Waals surface area contributed by atoms with Gasteiger partial charge in [0.15, 0.2) is 0 Å². The Bertz CT molecular complexity index is 522. The van der Waals surface area contributed by atoms with E-state index >= 15 is 0 Å². The van der Waals surface area contributed by atoms with Crippen LogP contribution in [-0.2, 0) is 11.2 Å². The first-order valence-electron chi connectivity index (χ1n) is 4.96. The van der Waals surface area contributed by atoms with Crippen LogP contribution < -0.4 is 0 Å². The summed E-state index contributed by atoms with van der Waals surface area (Å²) in [5.74, 6) is -0.343. The molecule has 0 saturated heterocycles. The molecule has 1 heterocycles. The minimum Gasteiger partial charge on any atom is -0.465 e. The van der Waals surface area contributed by atoms with Crippen molar-refractivity contribution < 1.29 is 9.53 Å². The smallest absolute Gasteiger partial charge is 0.349 e. The van der Waals surface area contributed by atoms with E-state index in [9.17, 15) is 4.79 Å². The van der Waals surface area contributed by atoms with Crippen molar-refractivity contribution in [1.29, 1.82) is 0 Å². The molecular formula is C12H10ClNO2S. The summed E-state index contributed by atoms with van der Waals surface area (Å²) in [5.41, 5.74) is 1.11. The molecule has 88 valence electrons. The zero-order valence-electron chi connectivity index (χ0n) is 9.14. The predicted molar refractivity (Wildman–Crippen MR) is 67.7 cm³/mol. The number of aromatic nitrogens is 1. The summed E-state index contributed by atoms with van der Waals surface area (Å²) in [6.07, 6.45) is 2.24. The lowest BCUT2D eigenvalue weighted by Gasteiger charge is -1.97. The van der Waals surface area contributed by atoms with Crippen molar-refractivity contribution in [3.05, 3.63) is 50.9 Å². The van der Waals surface area contributed by atoms with Gasteiger partial charge in [-0.1, -0.05) is 23.7 Å². The van der Waals surface area contributed by atoms with Gasteiger partial charge in [-0.25, -0.2) is 9.78 Å². The first-order valence-corrected chi connectivity index (χ1v) is 6.16. The van der Waals surface area contributed by atoms with Crippen LogP contribution in [0.1, 0.15) is 20.2 Å². The maximum Gasteiger partial charge on any atom is 0.349 e. The molecule has 1 aromatic heterocycles. The highest BCUT2D eigenvalue weighted by molar-refractivity contribution is 7.13. The number of hydrogen-bond donors (Lipinski definition) is 0. The fourth-order valence-electron chi connectivity index (χ4n) is 1.36. The van der Waals surface area contributed by atoms with E-state index in [1.54, 1.807) is 6.20 Å². The fourth-order valence-corrected chi connectivity index (χ4v) is 2.36. The summed E-state index contributed by atoms with van der Waals surface area (Å²) >= 11 is 7.15. The zero-order chi connectivity index (χ0) is 12.3. The third kappa shape index (κ3) is 3.05. The molecule has 0 fully saturated rings. The van der Waals surface area contributed by atoms with Gasteiger partial charge in [0.05, 0.1) is 18.3 Å². The number of hydrogen-bond acceptors (Lipinski definition) is 4. The fraction of sp³-hybridized carbons (Fsp3) is 0.167. The summed E-state index contributed by atoms with van der Waals surface area (Å²) in [7, 11) is 1.36. The Morgan fingerprint density at radius 3 is 2.76 bits per heavy atom. The lowest BCUT2D eigenvalue weighted by Crippen LogP contribution is -1.96. The van der Waals surface area contributed by atoms with E-state index < -0.39 is 0 Å². The third-order valence-corrected chi connectivity index (χ3v) is 3.44. The molecule has 2 aromatic rings. The number of carbonyl (C=O) groups is 1. The van der Waals surface area contributed by atoms with Crippen LogP contribution in [0, 0.1) is 0 Å². The number of methoxy groups -OCH3 is 1. The van der Waals surface area contributed by atoms with E-state index in [4.69, 9.17) is 11.6 Å². The Labute approximate surface area is 108 Å². The number of nitrogens with zero attached hydrogens (tertiary/aromatic N) is 1. The first-order chi connectivity index (χ1) is 8.19. The van der Waals surface area contributed by atoms with E-state index in [0.29, 0.717) is 16.3 Å². The van der Waals surface area contributed by atoms with Crippen molar-refractivity contribution in [3.63, 3.8) is 0 Å². The number of rotatable bonds is 3. The Kier molecular flexibility index (Phi) is 3.76. The lowest BCUT2D eigenvalue weighted by atomic mass is 10.2. The Hall–Kier alpha value is -1.39. The number of halogens is 1. The zero-order valence-corrected chi connectivity index (χ0v) is 10.7. The highest BCUT2D eigenvalue weighted by Crippen LogP contribution is 2.18. The van der Waals surface area contributed by atoms with E-state index in [-0.39, 0.29) is 5.97 Å². The largest absolute Gasteiger partial charge is 0.465 e. The van der Waals surface area contributed by atoms with E-state index in [1.165, 1.54) is 18.4 Å². The molecule has 3 nitrogen and oxygen atoms in total. The van der Waals surface area contributed by atoms with Gasteiger partial charge in [-0.3, -0.25) is 0 Å². The van der Waals surface area contributed by atoms with Crippen LogP contribution >= 0.6 is 22.9 Å². The van der Waals surface area contributed by atoms with Crippen molar-refractivity contribution in [3.8, 4) is 0 Å². The van der Waals surface area contributed by atoms with Gasteiger partial charge in [0.1, 0.15) is 4.88 Å². The summed E-state index contributed by atoms with van der Waals surface area (Å²) in [6.45, 7) is 0. The average Bonchev–Trinajstić information content (AvgIpc) is 2.80. The number of thiazole rings is 1. The van der Waals surface area contributed by atoms with Crippen LogP contribution in [0.3, 0.4) is 0 Å². The molecule has 1 aromatic carbocycles. The Morgan fingerprint density at radius 1 is 1.41 bits per heavy atom. The van der Waals surface area contributed by atoms with Gasteiger partial charge >= 0.3 is 5.97 Å². The minimum atomic E-state index is -0.343. The highest BCUT2D eigenvalue weighted by atomic mass is 35.5. The van der Waals surface area contributed by atoms with Crippen LogP contribution in [0.4, 0.5) is 0 Å². The summed E-state index contributed by atoms with van der Waals surface area (Å²) in [6, 6.07) is 7.57. The molecule has 0 amide bonds. The normalized spacial score (nSPS) is 10.2. The van der Waals surface area contributed by atoms with Crippen LogP contribution in [0.5, 0.6) is 0 Å². The quantitative estimate of drug-likeness (QED) is 0.802. The molecule has 0 aliphatic carbocycles. The molecule has 0 aliphatic heterocycles. The number of esters is 1. The molecule has 0 radical (unpaired) electrons. The second-order valence-corrected chi connectivity index (χ2v) is 4.96. The third-order valence-electron chi connectivity index (χ3n) is 2.21. The van der Waals surface area contributed by atoms with Crippen molar-refractivity contribution >= 4 is 28.9 Å². The Balaban J connectivity index is 2.11. The van der Waals surface area contributed by atoms with Crippen LogP contribution in [0.25, 0.3) is 0 Å². The molecule has 0 unspecified atom stereocenters. The SMILES string of the molecule is COC(=O)c1cnc(Cc2ccc(Cl)cc2)s1. The second kappa shape index (κ2) is 5.29. The average molecular weight is 268 g/mol. The van der Waals surface area contributed by atoms with E-state index in [2.05, 4.69) is 9.72 Å². The number of ether oxygens (including phenoxy) is 1. The van der Waals surface area contributed by atoms with Crippen molar-refractivity contribution in [2.24, 2.45) is 0 Å². The van der Waals surface area contributed by atoms with Crippen molar-refractivity contribution in [1.82, 2.24) is 4.98 Å². The van der Waals surface area contributed by atoms with Gasteiger partial charge in [-0.05, 0) is 17.7 Å². The van der Waals surface area contributed by atoms with Crippen molar-refractivity contribution in [2.45, 2.75) is 6.42 Å². The molecule has 0 N–H and O–H groups in total. The van der Waals surface area contributed by atoms with Crippen LogP contribution in [0.2, 0.25) is 5.02 Å². The maximum absolute atomic E-state index is 11.3. The molecule has 0 aliphatic rings. The maximum atomic E-state index is 11.3. The lowest BCUT2D eigenvalue weighted by molar-refractivity contribution is 0.0606. The van der Waals surface area contributed by atoms with Gasteiger partial charge in [0.2, 0.25) is 0 Å². The minimum absolute atomic E-state index is 0.343. The first kappa shape index (κ1) is 12.1. The standard InChI is InChI=1S/C12H10ClNO2S/c1-16-12(15)10-7-14-11(17-10)6-8-2-4-9(13)5-3-8/h2-5,7H,6H2,1H3. The molecule has 0 bridgehead atoms. The molecule has 5 heteroatoms. The molecule has 17 heavy (non-hydrogen) atoms. The van der Waals surface area contributed by atoms with Crippen LogP contribution in [0.15, 0.2) is 30.5 Å². The van der Waals surface area contributed by atoms with Crippen molar-refractivity contribution in [2.75, 3.05) is 7.11 Å². The highest BCUT2D eigenvalue weighted by Gasteiger charge is 2.10. The summed E-state index contributed by atoms with van der Waals surface area (Å²) in [5, 5.41) is 1.59. The monoisotopic (exact) mass is 267 g/mol. The number of carbonyl (C=O) groups excluding carboxylic acids is 1. The van der Waals surface area contributed by atoms with Gasteiger partial charge in [-0.15, -0.1) is 11.3 Å². The molecule has 0 saturated carbocycles. The van der Waals surface area contributed by atoms with Gasteiger partial charge in [0, 0.05) is 11.4 Å². The molecule has 0 spiro atoms. The van der Waals surface area contributed by atoms with Gasteiger partial charge < -0.3 is 4.74 Å². The molecule has 0 atom stereocenters. The number of benzene rings is 1. The Morgan fingerprint density at radius 2 is 2.12 bits per heavy atom. The second-order valence-electron chi connectivity index (χ2n) is 3.41. The topological polar surface area (TPSA) is 39.2 Å². The van der Waals surface area contributed by atoms with E-state index in [0.717, 1.165) is 10.6 Å². The van der Waals surface area contributed by atoms with Gasteiger partial charge in [-0.2, -0.15) is 0 Å². The molecule has 2 rings (SSSR count). The van der Waals surface area contributed by atoms with Gasteiger partial charge in [0.25, 0.3) is 0 Å². The molecular weight excluding hydrogens is 258 g/mol.